The van der Waals surface area contributed by atoms with Crippen molar-refractivity contribution in [2.75, 3.05) is 19.6 Å². The lowest BCUT2D eigenvalue weighted by atomic mass is 9.75. The highest BCUT2D eigenvalue weighted by atomic mass is 32.2. The second kappa shape index (κ2) is 6.46. The van der Waals surface area contributed by atoms with Gasteiger partial charge in [0.05, 0.1) is 12.7 Å². The lowest BCUT2D eigenvalue weighted by Crippen LogP contribution is -2.42. The maximum Gasteiger partial charge on any atom is 0.246 e. The highest BCUT2D eigenvalue weighted by Crippen LogP contribution is 2.39. The number of hydrogen-bond acceptors (Lipinski definition) is 4. The van der Waals surface area contributed by atoms with Gasteiger partial charge in [0.2, 0.25) is 10.0 Å². The Morgan fingerprint density at radius 2 is 1.90 bits per heavy atom. The average Bonchev–Trinajstić information content (AvgIpc) is 2.97. The molecule has 1 aromatic rings. The fourth-order valence-electron chi connectivity index (χ4n) is 3.04. The molecular weight excluding hydrogens is 288 g/mol. The van der Waals surface area contributed by atoms with Crippen LogP contribution in [0.4, 0.5) is 0 Å². The van der Waals surface area contributed by atoms with Gasteiger partial charge in [-0.05, 0) is 18.3 Å². The van der Waals surface area contributed by atoms with Gasteiger partial charge in [-0.2, -0.15) is 9.40 Å². The smallest absolute Gasteiger partial charge is 0.246 e. The molecule has 2 N–H and O–H groups in total. The molecule has 0 spiro atoms. The van der Waals surface area contributed by atoms with E-state index in [9.17, 15) is 8.42 Å². The van der Waals surface area contributed by atoms with Crippen LogP contribution in [-0.4, -0.2) is 42.1 Å². The van der Waals surface area contributed by atoms with E-state index in [1.807, 2.05) is 0 Å². The van der Waals surface area contributed by atoms with Gasteiger partial charge in [-0.25, -0.2) is 8.42 Å². The summed E-state index contributed by atoms with van der Waals surface area (Å²) in [6, 6.07) is 0. The summed E-state index contributed by atoms with van der Waals surface area (Å²) >= 11 is 0. The maximum absolute atomic E-state index is 12.6. The van der Waals surface area contributed by atoms with Gasteiger partial charge in [-0.15, -0.1) is 0 Å². The van der Waals surface area contributed by atoms with Crippen LogP contribution in [0.15, 0.2) is 17.3 Å². The van der Waals surface area contributed by atoms with Gasteiger partial charge in [0, 0.05) is 25.8 Å². The normalized spacial score (nSPS) is 19.8. The van der Waals surface area contributed by atoms with Crippen molar-refractivity contribution in [1.82, 2.24) is 14.1 Å². The minimum absolute atomic E-state index is 0.274. The largest absolute Gasteiger partial charge is 0.329 e. The van der Waals surface area contributed by atoms with E-state index in [2.05, 4.69) is 18.9 Å². The van der Waals surface area contributed by atoms with Gasteiger partial charge in [-0.3, -0.25) is 4.68 Å². The lowest BCUT2D eigenvalue weighted by Gasteiger charge is -2.40. The lowest BCUT2D eigenvalue weighted by molar-refractivity contribution is 0.141. The first-order valence-electron chi connectivity index (χ1n) is 7.70. The second-order valence-electron chi connectivity index (χ2n) is 5.84. The van der Waals surface area contributed by atoms with E-state index in [0.717, 1.165) is 25.7 Å². The number of rotatable bonds is 6. The molecule has 1 fully saturated rings. The molecule has 2 rings (SSSR count). The SMILES string of the molecule is CCC1(CC)CCN(S(=O)(=O)c2cnn(CCN)c2)CC1. The van der Waals surface area contributed by atoms with Crippen molar-refractivity contribution in [2.24, 2.45) is 11.1 Å². The Bertz CT molecular complexity index is 553. The van der Waals surface area contributed by atoms with Crippen LogP contribution in [0.25, 0.3) is 0 Å². The van der Waals surface area contributed by atoms with E-state index in [-0.39, 0.29) is 4.90 Å². The number of nitrogens with zero attached hydrogens (tertiary/aromatic N) is 3. The molecule has 0 atom stereocenters. The van der Waals surface area contributed by atoms with E-state index in [0.29, 0.717) is 31.6 Å². The summed E-state index contributed by atoms with van der Waals surface area (Å²) in [4.78, 5) is 0.274. The summed E-state index contributed by atoms with van der Waals surface area (Å²) in [6.07, 6.45) is 7.11. The van der Waals surface area contributed by atoms with Gasteiger partial charge in [0.1, 0.15) is 4.90 Å². The standard InChI is InChI=1S/C14H26N4O2S/c1-3-14(4-2)5-8-18(9-6-14)21(19,20)13-11-16-17(12-13)10-7-15/h11-12H,3-10,15H2,1-2H3. The molecule has 21 heavy (non-hydrogen) atoms. The van der Waals surface area contributed by atoms with Crippen LogP contribution >= 0.6 is 0 Å². The molecule has 120 valence electrons. The van der Waals surface area contributed by atoms with Crippen LogP contribution in [0.1, 0.15) is 39.5 Å². The zero-order chi connectivity index (χ0) is 15.5. The van der Waals surface area contributed by atoms with Crippen molar-refractivity contribution < 1.29 is 8.42 Å². The predicted molar refractivity (Wildman–Crippen MR) is 82.3 cm³/mol. The number of piperidine rings is 1. The summed E-state index contributed by atoms with van der Waals surface area (Å²) < 4.78 is 28.4. The molecule has 1 saturated heterocycles. The van der Waals surface area contributed by atoms with E-state index in [1.165, 1.54) is 6.20 Å². The first kappa shape index (κ1) is 16.5. The average molecular weight is 314 g/mol. The first-order chi connectivity index (χ1) is 9.97. The monoisotopic (exact) mass is 314 g/mol. The quantitative estimate of drug-likeness (QED) is 0.861. The Kier molecular flexibility index (Phi) is 5.06. The van der Waals surface area contributed by atoms with Crippen LogP contribution in [-0.2, 0) is 16.6 Å². The van der Waals surface area contributed by atoms with Crippen LogP contribution in [0.2, 0.25) is 0 Å². The summed E-state index contributed by atoms with van der Waals surface area (Å²) in [5, 5.41) is 4.06. The van der Waals surface area contributed by atoms with Crippen molar-refractivity contribution in [2.45, 2.75) is 51.0 Å². The third-order valence-electron chi connectivity index (χ3n) is 4.89. The van der Waals surface area contributed by atoms with Crippen molar-refractivity contribution in [1.29, 1.82) is 0 Å². The van der Waals surface area contributed by atoms with E-state index >= 15 is 0 Å². The van der Waals surface area contributed by atoms with Gasteiger partial charge >= 0.3 is 0 Å². The zero-order valence-electron chi connectivity index (χ0n) is 13.0. The Hall–Kier alpha value is -0.920. The second-order valence-corrected chi connectivity index (χ2v) is 7.78. The highest BCUT2D eigenvalue weighted by Gasteiger charge is 2.36. The molecule has 0 aliphatic carbocycles. The van der Waals surface area contributed by atoms with Crippen molar-refractivity contribution >= 4 is 10.0 Å². The summed E-state index contributed by atoms with van der Waals surface area (Å²) in [6.45, 7) is 6.58. The van der Waals surface area contributed by atoms with Gasteiger partial charge in [-0.1, -0.05) is 26.7 Å². The Morgan fingerprint density at radius 3 is 2.43 bits per heavy atom. The number of sulfonamides is 1. The van der Waals surface area contributed by atoms with Crippen LogP contribution < -0.4 is 5.73 Å². The summed E-state index contributed by atoms with van der Waals surface area (Å²) in [5.74, 6) is 0. The van der Waals surface area contributed by atoms with E-state index in [1.54, 1.807) is 15.2 Å². The third-order valence-corrected chi connectivity index (χ3v) is 6.74. The molecule has 0 amide bonds. The van der Waals surface area contributed by atoms with Crippen LogP contribution in [0, 0.1) is 5.41 Å². The van der Waals surface area contributed by atoms with Gasteiger partial charge in [0.15, 0.2) is 0 Å². The molecule has 1 aromatic heterocycles. The fraction of sp³-hybridized carbons (Fsp3) is 0.786. The van der Waals surface area contributed by atoms with Crippen molar-refractivity contribution in [3.05, 3.63) is 12.4 Å². The Balaban J connectivity index is 2.10. The molecule has 0 unspecified atom stereocenters. The molecular formula is C14H26N4O2S. The summed E-state index contributed by atoms with van der Waals surface area (Å²) in [5.41, 5.74) is 5.78. The zero-order valence-corrected chi connectivity index (χ0v) is 13.8. The van der Waals surface area contributed by atoms with Crippen LogP contribution in [0.5, 0.6) is 0 Å². The van der Waals surface area contributed by atoms with E-state index in [4.69, 9.17) is 5.73 Å². The summed E-state index contributed by atoms with van der Waals surface area (Å²) in [7, 11) is -3.42. The maximum atomic E-state index is 12.6. The topological polar surface area (TPSA) is 81.2 Å². The Morgan fingerprint density at radius 1 is 1.29 bits per heavy atom. The molecule has 2 heterocycles. The van der Waals surface area contributed by atoms with Gasteiger partial charge < -0.3 is 5.73 Å². The number of nitrogens with two attached hydrogens (primary N) is 1. The molecule has 0 bridgehead atoms. The first-order valence-corrected chi connectivity index (χ1v) is 9.14. The van der Waals surface area contributed by atoms with Crippen LogP contribution in [0.3, 0.4) is 0 Å². The molecule has 1 aliphatic heterocycles. The third kappa shape index (κ3) is 3.30. The van der Waals surface area contributed by atoms with Crippen molar-refractivity contribution in [3.63, 3.8) is 0 Å². The predicted octanol–water partition coefficient (Wildman–Crippen LogP) is 1.43. The van der Waals surface area contributed by atoms with Crippen molar-refractivity contribution in [3.8, 4) is 0 Å². The molecule has 7 heteroatoms. The number of hydrogen-bond donors (Lipinski definition) is 1. The number of aromatic nitrogens is 2. The minimum atomic E-state index is -3.42. The van der Waals surface area contributed by atoms with Gasteiger partial charge in [0.25, 0.3) is 0 Å². The minimum Gasteiger partial charge on any atom is -0.329 e. The Labute approximate surface area is 127 Å². The fourth-order valence-corrected chi connectivity index (χ4v) is 4.44. The molecule has 0 aromatic carbocycles. The van der Waals surface area contributed by atoms with E-state index < -0.39 is 10.0 Å². The highest BCUT2D eigenvalue weighted by molar-refractivity contribution is 7.89. The molecule has 0 radical (unpaired) electrons. The molecule has 6 nitrogen and oxygen atoms in total. The molecule has 1 aliphatic rings. The molecule has 0 saturated carbocycles.